The summed E-state index contributed by atoms with van der Waals surface area (Å²) in [4.78, 5) is 3.92. The molecule has 1 aromatic heterocycles. The molecule has 1 rings (SSSR count). The Labute approximate surface area is 97.8 Å². The highest BCUT2D eigenvalue weighted by Crippen LogP contribution is 2.19. The van der Waals surface area contributed by atoms with E-state index in [1.807, 2.05) is 12.1 Å². The zero-order valence-electron chi connectivity index (χ0n) is 10.6. The first-order valence-electron chi connectivity index (χ1n) is 5.69. The highest BCUT2D eigenvalue weighted by atomic mass is 16.5. The van der Waals surface area contributed by atoms with Gasteiger partial charge in [0.1, 0.15) is 12.4 Å². The monoisotopic (exact) mass is 223 g/mol. The molecule has 0 bridgehead atoms. The Bertz CT molecular complexity index is 296. The van der Waals surface area contributed by atoms with Gasteiger partial charge in [-0.1, -0.05) is 13.8 Å². The molecule has 0 aliphatic heterocycles. The Morgan fingerprint density at radius 3 is 2.38 bits per heavy atom. The van der Waals surface area contributed by atoms with E-state index < -0.39 is 0 Å². The fourth-order valence-corrected chi connectivity index (χ4v) is 1.07. The molecule has 0 aliphatic rings. The maximum absolute atomic E-state index is 5.77. The van der Waals surface area contributed by atoms with Crippen molar-refractivity contribution in [3.05, 3.63) is 24.5 Å². The third kappa shape index (κ3) is 4.19. The van der Waals surface area contributed by atoms with Gasteiger partial charge in [-0.2, -0.15) is 0 Å². The van der Waals surface area contributed by atoms with E-state index in [1.165, 1.54) is 0 Å². The van der Waals surface area contributed by atoms with E-state index in [9.17, 15) is 0 Å². The zero-order valence-corrected chi connectivity index (χ0v) is 10.6. The summed E-state index contributed by atoms with van der Waals surface area (Å²) < 4.78 is 11.3. The van der Waals surface area contributed by atoms with E-state index in [1.54, 1.807) is 12.4 Å². The van der Waals surface area contributed by atoms with Crippen LogP contribution in [0, 0.1) is 5.92 Å². The highest BCUT2D eigenvalue weighted by Gasteiger charge is 2.22. The van der Waals surface area contributed by atoms with Crippen LogP contribution >= 0.6 is 0 Å². The van der Waals surface area contributed by atoms with Gasteiger partial charge < -0.3 is 9.47 Å². The minimum Gasteiger partial charge on any atom is -0.491 e. The van der Waals surface area contributed by atoms with Crippen LogP contribution in [-0.4, -0.2) is 23.8 Å². The minimum absolute atomic E-state index is 0.0956. The van der Waals surface area contributed by atoms with Gasteiger partial charge in [0.2, 0.25) is 0 Å². The van der Waals surface area contributed by atoms with Gasteiger partial charge in [0, 0.05) is 12.4 Å². The topological polar surface area (TPSA) is 31.4 Å². The van der Waals surface area contributed by atoms with E-state index in [2.05, 4.69) is 32.7 Å². The Hall–Kier alpha value is -1.09. The molecule has 0 aromatic carbocycles. The molecular formula is C13H21NO2. The third-order valence-electron chi connectivity index (χ3n) is 2.87. The van der Waals surface area contributed by atoms with Crippen LogP contribution in [0.25, 0.3) is 0 Å². The van der Waals surface area contributed by atoms with E-state index in [4.69, 9.17) is 9.47 Å². The summed E-state index contributed by atoms with van der Waals surface area (Å²) in [6.07, 6.45) is 3.43. The van der Waals surface area contributed by atoms with Crippen LogP contribution in [0.5, 0.6) is 5.75 Å². The van der Waals surface area contributed by atoms with Crippen molar-refractivity contribution < 1.29 is 9.47 Å². The van der Waals surface area contributed by atoms with Gasteiger partial charge in [-0.05, 0) is 31.9 Å². The molecule has 0 fully saturated rings. The van der Waals surface area contributed by atoms with Gasteiger partial charge in [-0.15, -0.1) is 0 Å². The molecule has 0 amide bonds. The van der Waals surface area contributed by atoms with Crippen LogP contribution in [-0.2, 0) is 4.74 Å². The number of aromatic nitrogens is 1. The fraction of sp³-hybridized carbons (Fsp3) is 0.615. The van der Waals surface area contributed by atoms with Gasteiger partial charge in [-0.25, -0.2) is 0 Å². The molecule has 1 aromatic rings. The number of hydrogen-bond acceptors (Lipinski definition) is 3. The van der Waals surface area contributed by atoms with Crippen molar-refractivity contribution in [3.8, 4) is 5.75 Å². The van der Waals surface area contributed by atoms with Crippen LogP contribution in [0.2, 0.25) is 0 Å². The van der Waals surface area contributed by atoms with Crippen LogP contribution in [0.15, 0.2) is 24.5 Å². The summed E-state index contributed by atoms with van der Waals surface area (Å²) in [5, 5.41) is 0. The molecule has 1 heterocycles. The lowest BCUT2D eigenvalue weighted by molar-refractivity contribution is -0.0593. The molecule has 3 heteroatoms. The van der Waals surface area contributed by atoms with Crippen molar-refractivity contribution in [1.29, 1.82) is 0 Å². The quantitative estimate of drug-likeness (QED) is 0.695. The molecule has 3 nitrogen and oxygen atoms in total. The van der Waals surface area contributed by atoms with Crippen molar-refractivity contribution in [3.63, 3.8) is 0 Å². The van der Waals surface area contributed by atoms with Gasteiger partial charge >= 0.3 is 0 Å². The summed E-state index contributed by atoms with van der Waals surface area (Å²) in [5.41, 5.74) is -0.0956. The SMILES string of the molecule is CC(C)C(C)(C)OCCOc1ccncc1. The predicted octanol–water partition coefficient (Wildman–Crippen LogP) is 2.91. The Balaban J connectivity index is 2.22. The molecule has 0 saturated heterocycles. The number of hydrogen-bond donors (Lipinski definition) is 0. The Morgan fingerprint density at radius 2 is 1.81 bits per heavy atom. The lowest BCUT2D eigenvalue weighted by atomic mass is 9.95. The second-order valence-corrected chi connectivity index (χ2v) is 4.64. The van der Waals surface area contributed by atoms with Gasteiger partial charge in [-0.3, -0.25) is 4.98 Å². The minimum atomic E-state index is -0.0956. The average molecular weight is 223 g/mol. The first kappa shape index (κ1) is 13.0. The second-order valence-electron chi connectivity index (χ2n) is 4.64. The first-order chi connectivity index (χ1) is 7.52. The van der Waals surface area contributed by atoms with E-state index in [0.717, 1.165) is 5.75 Å². The summed E-state index contributed by atoms with van der Waals surface area (Å²) >= 11 is 0. The van der Waals surface area contributed by atoms with Gasteiger partial charge in [0.25, 0.3) is 0 Å². The molecule has 0 saturated carbocycles. The molecule has 0 aliphatic carbocycles. The van der Waals surface area contributed by atoms with Crippen LogP contribution < -0.4 is 4.74 Å². The molecule has 0 unspecified atom stereocenters. The summed E-state index contributed by atoms with van der Waals surface area (Å²) in [7, 11) is 0. The normalized spacial score (nSPS) is 11.8. The zero-order chi connectivity index (χ0) is 12.0. The van der Waals surface area contributed by atoms with Crippen LogP contribution in [0.3, 0.4) is 0 Å². The molecular weight excluding hydrogens is 202 g/mol. The third-order valence-corrected chi connectivity index (χ3v) is 2.87. The lowest BCUT2D eigenvalue weighted by Gasteiger charge is -2.29. The van der Waals surface area contributed by atoms with E-state index in [0.29, 0.717) is 19.1 Å². The number of nitrogens with zero attached hydrogens (tertiary/aromatic N) is 1. The van der Waals surface area contributed by atoms with Crippen molar-refractivity contribution in [2.75, 3.05) is 13.2 Å². The number of pyridine rings is 1. The Kier molecular flexibility index (Phi) is 4.74. The van der Waals surface area contributed by atoms with Crippen molar-refractivity contribution >= 4 is 0 Å². The molecule has 90 valence electrons. The maximum atomic E-state index is 5.77. The smallest absolute Gasteiger partial charge is 0.122 e. The fourth-order valence-electron chi connectivity index (χ4n) is 1.07. The second kappa shape index (κ2) is 5.85. The average Bonchev–Trinajstić information content (AvgIpc) is 2.26. The largest absolute Gasteiger partial charge is 0.491 e. The molecule has 0 spiro atoms. The predicted molar refractivity (Wildman–Crippen MR) is 64.6 cm³/mol. The van der Waals surface area contributed by atoms with Crippen molar-refractivity contribution in [2.24, 2.45) is 5.92 Å². The highest BCUT2D eigenvalue weighted by molar-refractivity contribution is 5.16. The summed E-state index contributed by atoms with van der Waals surface area (Å²) in [5.74, 6) is 1.33. The molecule has 0 radical (unpaired) electrons. The molecule has 16 heavy (non-hydrogen) atoms. The maximum Gasteiger partial charge on any atom is 0.122 e. The number of rotatable bonds is 6. The molecule has 0 N–H and O–H groups in total. The Morgan fingerprint density at radius 1 is 1.19 bits per heavy atom. The first-order valence-corrected chi connectivity index (χ1v) is 5.69. The van der Waals surface area contributed by atoms with Gasteiger partial charge in [0.05, 0.1) is 12.2 Å². The molecule has 0 atom stereocenters. The van der Waals surface area contributed by atoms with Crippen molar-refractivity contribution in [1.82, 2.24) is 4.98 Å². The summed E-state index contributed by atoms with van der Waals surface area (Å²) in [6.45, 7) is 9.69. The van der Waals surface area contributed by atoms with Crippen LogP contribution in [0.4, 0.5) is 0 Å². The van der Waals surface area contributed by atoms with E-state index >= 15 is 0 Å². The van der Waals surface area contributed by atoms with Crippen LogP contribution in [0.1, 0.15) is 27.7 Å². The standard InChI is InChI=1S/C13H21NO2/c1-11(2)13(3,4)16-10-9-15-12-5-7-14-8-6-12/h5-8,11H,9-10H2,1-4H3. The lowest BCUT2D eigenvalue weighted by Crippen LogP contribution is -2.32. The number of ether oxygens (including phenoxy) is 2. The van der Waals surface area contributed by atoms with Gasteiger partial charge in [0.15, 0.2) is 0 Å². The summed E-state index contributed by atoms with van der Waals surface area (Å²) in [6, 6.07) is 3.68. The van der Waals surface area contributed by atoms with Crippen molar-refractivity contribution in [2.45, 2.75) is 33.3 Å². The van der Waals surface area contributed by atoms with E-state index in [-0.39, 0.29) is 5.60 Å².